The fraction of sp³-hybridized carbons (Fsp3) is 0.364. The van der Waals surface area contributed by atoms with Gasteiger partial charge in [0.2, 0.25) is 0 Å². The summed E-state index contributed by atoms with van der Waals surface area (Å²) < 4.78 is 5.45. The number of rotatable bonds is 7. The van der Waals surface area contributed by atoms with E-state index in [9.17, 15) is 5.11 Å². The maximum atomic E-state index is 10.8. The fourth-order valence-corrected chi connectivity index (χ4v) is 3.23. The van der Waals surface area contributed by atoms with E-state index in [-0.39, 0.29) is 12.1 Å². The van der Waals surface area contributed by atoms with Crippen molar-refractivity contribution in [2.24, 2.45) is 0 Å². The number of benzene rings is 2. The van der Waals surface area contributed by atoms with Gasteiger partial charge in [-0.15, -0.1) is 0 Å². The molecule has 0 amide bonds. The van der Waals surface area contributed by atoms with Crippen LogP contribution < -0.4 is 5.32 Å². The lowest BCUT2D eigenvalue weighted by Gasteiger charge is -2.32. The van der Waals surface area contributed by atoms with E-state index in [1.165, 1.54) is 5.56 Å². The molecule has 26 heavy (non-hydrogen) atoms. The smallest absolute Gasteiger partial charge is 0.111 e. The van der Waals surface area contributed by atoms with Crippen LogP contribution in [0.25, 0.3) is 6.08 Å². The van der Waals surface area contributed by atoms with Gasteiger partial charge in [0.25, 0.3) is 0 Å². The lowest BCUT2D eigenvalue weighted by atomic mass is 10.1. The van der Waals surface area contributed by atoms with E-state index in [0.717, 1.165) is 38.4 Å². The minimum Gasteiger partial charge on any atom is -0.511 e. The third-order valence-corrected chi connectivity index (χ3v) is 4.77. The highest BCUT2D eigenvalue weighted by atomic mass is 16.5. The number of hydrogen-bond acceptors (Lipinski definition) is 4. The lowest BCUT2D eigenvalue weighted by molar-refractivity contribution is 0.0328. The zero-order valence-corrected chi connectivity index (χ0v) is 15.3. The first-order valence-electron chi connectivity index (χ1n) is 9.29. The van der Waals surface area contributed by atoms with E-state index < -0.39 is 0 Å². The van der Waals surface area contributed by atoms with Crippen LogP contribution in [0.1, 0.15) is 24.1 Å². The van der Waals surface area contributed by atoms with Gasteiger partial charge in [0, 0.05) is 25.7 Å². The molecule has 2 N–H and O–H groups in total. The van der Waals surface area contributed by atoms with Crippen molar-refractivity contribution in [2.75, 3.05) is 32.8 Å². The molecule has 1 aliphatic heterocycles. The molecule has 1 heterocycles. The summed E-state index contributed by atoms with van der Waals surface area (Å²) in [5.41, 5.74) is 2.22. The molecule has 2 aromatic carbocycles. The lowest BCUT2D eigenvalue weighted by Crippen LogP contribution is -2.47. The van der Waals surface area contributed by atoms with Gasteiger partial charge < -0.3 is 9.84 Å². The molecule has 0 radical (unpaired) electrons. The van der Waals surface area contributed by atoms with Gasteiger partial charge in [-0.1, -0.05) is 60.7 Å². The molecular weight excluding hydrogens is 324 g/mol. The zero-order chi connectivity index (χ0) is 18.2. The predicted octanol–water partition coefficient (Wildman–Crippen LogP) is 3.64. The first-order valence-corrected chi connectivity index (χ1v) is 9.29. The van der Waals surface area contributed by atoms with Crippen LogP contribution in [0.2, 0.25) is 0 Å². The molecule has 4 nitrogen and oxygen atoms in total. The standard InChI is InChI=1S/C22H28N2O2/c1-18(20-10-6-3-7-11-20)23-21(17-24-12-14-26-15-13-24)22(25)16-19-8-4-2-5-9-19/h2-11,16,18,21,23,25H,12-15,17H2,1H3/t18-,21+/m0/s1. The van der Waals surface area contributed by atoms with Crippen molar-refractivity contribution in [1.82, 2.24) is 10.2 Å². The minimum atomic E-state index is -0.136. The number of nitrogens with one attached hydrogen (secondary N) is 1. The van der Waals surface area contributed by atoms with Crippen LogP contribution in [-0.2, 0) is 4.74 Å². The minimum absolute atomic E-state index is 0.136. The average molecular weight is 352 g/mol. The Labute approximate surface area is 156 Å². The van der Waals surface area contributed by atoms with Gasteiger partial charge >= 0.3 is 0 Å². The van der Waals surface area contributed by atoms with Crippen molar-refractivity contribution in [3.8, 4) is 0 Å². The monoisotopic (exact) mass is 352 g/mol. The topological polar surface area (TPSA) is 44.7 Å². The Kier molecular flexibility index (Phi) is 6.83. The summed E-state index contributed by atoms with van der Waals surface area (Å²) in [6.07, 6.45) is 1.86. The number of aliphatic hydroxyl groups excluding tert-OH is 1. The molecular formula is C22H28N2O2. The molecule has 0 bridgehead atoms. The highest BCUT2D eigenvalue weighted by molar-refractivity contribution is 5.51. The largest absolute Gasteiger partial charge is 0.511 e. The Bertz CT molecular complexity index is 682. The number of hydrogen-bond donors (Lipinski definition) is 2. The van der Waals surface area contributed by atoms with Crippen LogP contribution in [0.5, 0.6) is 0 Å². The Balaban J connectivity index is 1.75. The maximum Gasteiger partial charge on any atom is 0.111 e. The first-order chi connectivity index (χ1) is 12.7. The molecule has 2 atom stereocenters. The third-order valence-electron chi connectivity index (χ3n) is 4.77. The summed E-state index contributed by atoms with van der Waals surface area (Å²) in [5, 5.41) is 14.4. The molecule has 1 fully saturated rings. The van der Waals surface area contributed by atoms with Crippen molar-refractivity contribution in [3.05, 3.63) is 77.5 Å². The first kappa shape index (κ1) is 18.6. The molecule has 138 valence electrons. The summed E-state index contributed by atoms with van der Waals surface area (Å²) in [5.74, 6) is 0.366. The fourth-order valence-electron chi connectivity index (χ4n) is 3.23. The normalized spacial score (nSPS) is 18.4. The van der Waals surface area contributed by atoms with Crippen molar-refractivity contribution >= 4 is 6.08 Å². The van der Waals surface area contributed by atoms with Gasteiger partial charge in [0.15, 0.2) is 0 Å². The molecule has 0 unspecified atom stereocenters. The number of aliphatic hydroxyl groups is 1. The Morgan fingerprint density at radius 2 is 1.69 bits per heavy atom. The van der Waals surface area contributed by atoms with E-state index in [1.54, 1.807) is 0 Å². The SMILES string of the molecule is C[C@H](N[C@H](CN1CCOCC1)C(O)=Cc1ccccc1)c1ccccc1. The van der Waals surface area contributed by atoms with Gasteiger partial charge in [0.1, 0.15) is 5.76 Å². The van der Waals surface area contributed by atoms with Crippen LogP contribution >= 0.6 is 0 Å². The van der Waals surface area contributed by atoms with Crippen LogP contribution in [0.15, 0.2) is 66.4 Å². The van der Waals surface area contributed by atoms with Crippen molar-refractivity contribution < 1.29 is 9.84 Å². The molecule has 4 heteroatoms. The summed E-state index contributed by atoms with van der Waals surface area (Å²) >= 11 is 0. The summed E-state index contributed by atoms with van der Waals surface area (Å²) in [7, 11) is 0. The van der Waals surface area contributed by atoms with Crippen LogP contribution in [-0.4, -0.2) is 48.9 Å². The van der Waals surface area contributed by atoms with E-state index in [1.807, 2.05) is 54.6 Å². The van der Waals surface area contributed by atoms with E-state index in [0.29, 0.717) is 5.76 Å². The Hall–Kier alpha value is -2.14. The number of ether oxygens (including phenoxy) is 1. The van der Waals surface area contributed by atoms with Crippen LogP contribution in [0.3, 0.4) is 0 Å². The second-order valence-corrected chi connectivity index (χ2v) is 6.74. The Morgan fingerprint density at radius 1 is 1.08 bits per heavy atom. The van der Waals surface area contributed by atoms with Crippen molar-refractivity contribution in [1.29, 1.82) is 0 Å². The van der Waals surface area contributed by atoms with Gasteiger partial charge in [0.05, 0.1) is 19.3 Å². The van der Waals surface area contributed by atoms with Gasteiger partial charge in [-0.3, -0.25) is 10.2 Å². The maximum absolute atomic E-state index is 10.8. The van der Waals surface area contributed by atoms with Crippen LogP contribution in [0.4, 0.5) is 0 Å². The molecule has 1 saturated heterocycles. The number of nitrogens with zero attached hydrogens (tertiary/aromatic N) is 1. The quantitative estimate of drug-likeness (QED) is 0.747. The second-order valence-electron chi connectivity index (χ2n) is 6.74. The van der Waals surface area contributed by atoms with E-state index >= 15 is 0 Å². The highest BCUT2D eigenvalue weighted by Gasteiger charge is 2.22. The predicted molar refractivity (Wildman–Crippen MR) is 106 cm³/mol. The molecule has 3 rings (SSSR count). The molecule has 0 saturated carbocycles. The average Bonchev–Trinajstić information content (AvgIpc) is 2.69. The van der Waals surface area contributed by atoms with Gasteiger partial charge in [-0.25, -0.2) is 0 Å². The molecule has 0 aromatic heterocycles. The van der Waals surface area contributed by atoms with Gasteiger partial charge in [-0.05, 0) is 24.1 Å². The molecule has 0 aliphatic carbocycles. The molecule has 2 aromatic rings. The van der Waals surface area contributed by atoms with Crippen molar-refractivity contribution in [3.63, 3.8) is 0 Å². The van der Waals surface area contributed by atoms with Crippen molar-refractivity contribution in [2.45, 2.75) is 19.0 Å². The van der Waals surface area contributed by atoms with E-state index in [2.05, 4.69) is 29.3 Å². The van der Waals surface area contributed by atoms with E-state index in [4.69, 9.17) is 4.74 Å². The third kappa shape index (κ3) is 5.43. The molecule has 1 aliphatic rings. The van der Waals surface area contributed by atoms with Gasteiger partial charge in [-0.2, -0.15) is 0 Å². The summed E-state index contributed by atoms with van der Waals surface area (Å²) in [6, 6.07) is 20.3. The second kappa shape index (κ2) is 9.53. The highest BCUT2D eigenvalue weighted by Crippen LogP contribution is 2.16. The van der Waals surface area contributed by atoms with Crippen LogP contribution in [0, 0.1) is 0 Å². The molecule has 0 spiro atoms. The zero-order valence-electron chi connectivity index (χ0n) is 15.3. The number of morpholine rings is 1. The summed E-state index contributed by atoms with van der Waals surface area (Å²) in [6.45, 7) is 6.20. The Morgan fingerprint density at radius 3 is 2.35 bits per heavy atom. The summed E-state index contributed by atoms with van der Waals surface area (Å²) in [4.78, 5) is 2.34.